The van der Waals surface area contributed by atoms with E-state index in [4.69, 9.17) is 4.74 Å². The molecule has 3 heterocycles. The molecule has 2 fully saturated rings. The lowest BCUT2D eigenvalue weighted by molar-refractivity contribution is -0.139. The molecule has 1 aliphatic carbocycles. The van der Waals surface area contributed by atoms with Gasteiger partial charge in [-0.2, -0.15) is 0 Å². The van der Waals surface area contributed by atoms with Crippen LogP contribution in [-0.4, -0.2) is 52.1 Å². The van der Waals surface area contributed by atoms with Crippen LogP contribution >= 0.6 is 11.3 Å². The van der Waals surface area contributed by atoms with Crippen LogP contribution in [0, 0.1) is 5.92 Å². The van der Waals surface area contributed by atoms with Gasteiger partial charge < -0.3 is 14.6 Å². The van der Waals surface area contributed by atoms with E-state index in [0.717, 1.165) is 43.5 Å². The number of aromatic nitrogens is 3. The largest absolute Gasteiger partial charge is 0.381 e. The van der Waals surface area contributed by atoms with E-state index in [1.54, 1.807) is 13.3 Å². The fraction of sp³-hybridized carbons (Fsp3) is 0.600. The molecule has 7 nitrogen and oxygen atoms in total. The quantitative estimate of drug-likeness (QED) is 0.850. The van der Waals surface area contributed by atoms with Gasteiger partial charge in [0.15, 0.2) is 0 Å². The lowest BCUT2D eigenvalue weighted by Gasteiger charge is -2.36. The van der Waals surface area contributed by atoms with Gasteiger partial charge in [0.2, 0.25) is 5.91 Å². The summed E-state index contributed by atoms with van der Waals surface area (Å²) in [4.78, 5) is 38.8. The fourth-order valence-electron chi connectivity index (χ4n) is 4.34. The van der Waals surface area contributed by atoms with Crippen molar-refractivity contribution >= 4 is 17.2 Å². The third kappa shape index (κ3) is 4.17. The SMILES string of the molecule is COC1CCCC(C(=O)N2CCC(c3nc(-c4nccs4)cc(=O)[nH]3)CC2)C1. The number of nitrogens with zero attached hydrogens (tertiary/aromatic N) is 3. The monoisotopic (exact) mass is 402 g/mol. The molecule has 0 aromatic carbocycles. The first-order valence-electron chi connectivity index (χ1n) is 9.96. The molecule has 0 bridgehead atoms. The van der Waals surface area contributed by atoms with Gasteiger partial charge in [-0.3, -0.25) is 9.59 Å². The van der Waals surface area contributed by atoms with Gasteiger partial charge in [-0.05, 0) is 32.1 Å². The Morgan fingerprint density at radius 2 is 2.11 bits per heavy atom. The third-order valence-electron chi connectivity index (χ3n) is 5.91. The molecule has 2 atom stereocenters. The predicted octanol–water partition coefficient (Wildman–Crippen LogP) is 2.80. The topological polar surface area (TPSA) is 88.2 Å². The zero-order valence-corrected chi connectivity index (χ0v) is 16.9. The van der Waals surface area contributed by atoms with E-state index >= 15 is 0 Å². The number of thiazole rings is 1. The Balaban J connectivity index is 1.40. The van der Waals surface area contributed by atoms with Crippen LogP contribution in [0.15, 0.2) is 22.4 Å². The minimum Gasteiger partial charge on any atom is -0.381 e. The molecule has 28 heavy (non-hydrogen) atoms. The Morgan fingerprint density at radius 3 is 2.82 bits per heavy atom. The summed E-state index contributed by atoms with van der Waals surface area (Å²) in [6.45, 7) is 1.42. The van der Waals surface area contributed by atoms with Gasteiger partial charge in [-0.25, -0.2) is 9.97 Å². The molecule has 0 radical (unpaired) electrons. The molecule has 1 aliphatic heterocycles. The highest BCUT2D eigenvalue weighted by Crippen LogP contribution is 2.31. The molecular weight excluding hydrogens is 376 g/mol. The Kier molecular flexibility index (Phi) is 5.87. The van der Waals surface area contributed by atoms with Gasteiger partial charge in [-0.15, -0.1) is 11.3 Å². The first-order chi connectivity index (χ1) is 13.6. The molecule has 1 N–H and O–H groups in total. The number of ether oxygens (including phenoxy) is 1. The first-order valence-corrected chi connectivity index (χ1v) is 10.8. The predicted molar refractivity (Wildman–Crippen MR) is 107 cm³/mol. The number of likely N-dealkylation sites (tertiary alicyclic amines) is 1. The van der Waals surface area contributed by atoms with Crippen molar-refractivity contribution in [2.24, 2.45) is 5.92 Å². The summed E-state index contributed by atoms with van der Waals surface area (Å²) in [5, 5.41) is 2.63. The molecule has 2 aromatic rings. The molecule has 2 aliphatic rings. The van der Waals surface area contributed by atoms with Gasteiger partial charge in [0.1, 0.15) is 16.5 Å². The molecule has 2 aromatic heterocycles. The summed E-state index contributed by atoms with van der Waals surface area (Å²) in [6.07, 6.45) is 7.46. The maximum Gasteiger partial charge on any atom is 0.251 e. The Labute approximate surface area is 168 Å². The van der Waals surface area contributed by atoms with Gasteiger partial charge in [0.05, 0.1) is 6.10 Å². The van der Waals surface area contributed by atoms with Crippen molar-refractivity contribution in [1.29, 1.82) is 0 Å². The van der Waals surface area contributed by atoms with Crippen molar-refractivity contribution in [2.75, 3.05) is 20.2 Å². The summed E-state index contributed by atoms with van der Waals surface area (Å²) in [7, 11) is 1.73. The van der Waals surface area contributed by atoms with Crippen LogP contribution in [0.3, 0.4) is 0 Å². The van der Waals surface area contributed by atoms with E-state index in [9.17, 15) is 9.59 Å². The lowest BCUT2D eigenvalue weighted by atomic mass is 9.85. The van der Waals surface area contributed by atoms with Crippen LogP contribution in [0.1, 0.15) is 50.3 Å². The van der Waals surface area contributed by atoms with Crippen molar-refractivity contribution in [3.05, 3.63) is 33.8 Å². The number of rotatable bonds is 4. The minimum absolute atomic E-state index is 0.0846. The van der Waals surface area contributed by atoms with Gasteiger partial charge in [0, 0.05) is 49.7 Å². The van der Waals surface area contributed by atoms with E-state index in [0.29, 0.717) is 24.6 Å². The van der Waals surface area contributed by atoms with Crippen LogP contribution in [0.2, 0.25) is 0 Å². The highest BCUT2D eigenvalue weighted by atomic mass is 32.1. The lowest BCUT2D eigenvalue weighted by Crippen LogP contribution is -2.43. The number of carbonyl (C=O) groups excluding carboxylic acids is 1. The van der Waals surface area contributed by atoms with Crippen LogP contribution < -0.4 is 5.56 Å². The summed E-state index contributed by atoms with van der Waals surface area (Å²) in [5.74, 6) is 1.22. The molecule has 1 saturated carbocycles. The maximum absolute atomic E-state index is 12.9. The summed E-state index contributed by atoms with van der Waals surface area (Å²) in [5.41, 5.74) is 0.474. The van der Waals surface area contributed by atoms with E-state index in [1.807, 2.05) is 10.3 Å². The van der Waals surface area contributed by atoms with Crippen molar-refractivity contribution in [3.8, 4) is 10.7 Å². The minimum atomic E-state index is -0.151. The molecule has 1 amide bonds. The van der Waals surface area contributed by atoms with Gasteiger partial charge in [0.25, 0.3) is 5.56 Å². The standard InChI is InChI=1S/C20H26N4O3S/c1-27-15-4-2-3-14(11-15)20(26)24-8-5-13(6-9-24)18-22-16(12-17(25)23-18)19-21-7-10-28-19/h7,10,12-15H,2-6,8-9,11H2,1H3,(H,22,23,25). The van der Waals surface area contributed by atoms with E-state index in [1.165, 1.54) is 17.4 Å². The maximum atomic E-state index is 12.9. The second kappa shape index (κ2) is 8.53. The number of carbonyl (C=O) groups is 1. The first kappa shape index (κ1) is 19.3. The zero-order valence-electron chi connectivity index (χ0n) is 16.1. The molecule has 1 saturated heterocycles. The average Bonchev–Trinajstić information content (AvgIpc) is 3.28. The molecular formula is C20H26N4O3S. The fourth-order valence-corrected chi connectivity index (χ4v) is 4.94. The smallest absolute Gasteiger partial charge is 0.251 e. The number of methoxy groups -OCH3 is 1. The number of H-pyrrole nitrogens is 1. The Morgan fingerprint density at radius 1 is 1.29 bits per heavy atom. The summed E-state index contributed by atoms with van der Waals surface area (Å²) in [6, 6.07) is 1.50. The Bertz CT molecular complexity index is 859. The molecule has 150 valence electrons. The van der Waals surface area contributed by atoms with Crippen molar-refractivity contribution in [2.45, 2.75) is 50.5 Å². The number of nitrogens with one attached hydrogen (secondary N) is 1. The molecule has 0 spiro atoms. The van der Waals surface area contributed by atoms with Crippen molar-refractivity contribution < 1.29 is 9.53 Å². The van der Waals surface area contributed by atoms with E-state index in [-0.39, 0.29) is 29.4 Å². The molecule has 8 heteroatoms. The van der Waals surface area contributed by atoms with Crippen LogP contribution in [0.4, 0.5) is 0 Å². The molecule has 4 rings (SSSR count). The van der Waals surface area contributed by atoms with Crippen molar-refractivity contribution in [1.82, 2.24) is 19.9 Å². The summed E-state index contributed by atoms with van der Waals surface area (Å²) >= 11 is 1.47. The zero-order chi connectivity index (χ0) is 19.5. The van der Waals surface area contributed by atoms with Crippen LogP contribution in [0.25, 0.3) is 10.7 Å². The number of hydrogen-bond acceptors (Lipinski definition) is 6. The number of hydrogen-bond donors (Lipinski definition) is 1. The average molecular weight is 403 g/mol. The third-order valence-corrected chi connectivity index (χ3v) is 6.71. The van der Waals surface area contributed by atoms with Crippen LogP contribution in [0.5, 0.6) is 0 Å². The van der Waals surface area contributed by atoms with Gasteiger partial charge >= 0.3 is 0 Å². The Hall–Kier alpha value is -2.06. The molecule has 2 unspecified atom stereocenters. The number of aromatic amines is 1. The second-order valence-electron chi connectivity index (χ2n) is 7.67. The van der Waals surface area contributed by atoms with Gasteiger partial charge in [-0.1, -0.05) is 6.42 Å². The highest BCUT2D eigenvalue weighted by molar-refractivity contribution is 7.13. The normalized spacial score (nSPS) is 23.7. The number of amides is 1. The van der Waals surface area contributed by atoms with E-state index < -0.39 is 0 Å². The van der Waals surface area contributed by atoms with Crippen LogP contribution in [-0.2, 0) is 9.53 Å². The second-order valence-corrected chi connectivity index (χ2v) is 8.57. The van der Waals surface area contributed by atoms with E-state index in [2.05, 4.69) is 15.0 Å². The number of piperidine rings is 1. The van der Waals surface area contributed by atoms with Crippen molar-refractivity contribution in [3.63, 3.8) is 0 Å². The highest BCUT2D eigenvalue weighted by Gasteiger charge is 2.33. The summed E-state index contributed by atoms with van der Waals surface area (Å²) < 4.78 is 5.47.